The van der Waals surface area contributed by atoms with Gasteiger partial charge in [-0.1, -0.05) is 0 Å². The van der Waals surface area contributed by atoms with Crippen LogP contribution in [0.15, 0.2) is 12.1 Å². The van der Waals surface area contributed by atoms with Gasteiger partial charge in [-0.05, 0) is 28.7 Å². The van der Waals surface area contributed by atoms with E-state index < -0.39 is 4.92 Å². The SMILES string of the molecule is O=Cc1cc2[nH]nc(I)c2cc1[N+](=O)[O-]. The van der Waals surface area contributed by atoms with Gasteiger partial charge in [-0.15, -0.1) is 0 Å². The zero-order chi connectivity index (χ0) is 11.0. The maximum Gasteiger partial charge on any atom is 0.280 e. The third-order valence-electron chi connectivity index (χ3n) is 1.99. The minimum absolute atomic E-state index is 0.0487. The molecule has 0 atom stereocenters. The van der Waals surface area contributed by atoms with Crippen molar-refractivity contribution in [3.63, 3.8) is 0 Å². The topological polar surface area (TPSA) is 88.9 Å². The van der Waals surface area contributed by atoms with Crippen molar-refractivity contribution in [3.8, 4) is 0 Å². The van der Waals surface area contributed by atoms with E-state index in [1.165, 1.54) is 12.1 Å². The Morgan fingerprint density at radius 1 is 1.53 bits per heavy atom. The Kier molecular flexibility index (Phi) is 2.39. The highest BCUT2D eigenvalue weighted by Gasteiger charge is 2.16. The lowest BCUT2D eigenvalue weighted by atomic mass is 10.1. The zero-order valence-electron chi connectivity index (χ0n) is 7.23. The number of aromatic amines is 1. The maximum absolute atomic E-state index is 10.7. The van der Waals surface area contributed by atoms with E-state index in [0.717, 1.165) is 0 Å². The summed E-state index contributed by atoms with van der Waals surface area (Å²) < 4.78 is 0.642. The number of H-pyrrole nitrogens is 1. The molecule has 2 aromatic rings. The summed E-state index contributed by atoms with van der Waals surface area (Å²) in [6.07, 6.45) is 0.464. The van der Waals surface area contributed by atoms with Gasteiger partial charge in [-0.25, -0.2) is 0 Å². The number of nitrogens with one attached hydrogen (secondary N) is 1. The van der Waals surface area contributed by atoms with Crippen LogP contribution >= 0.6 is 22.6 Å². The van der Waals surface area contributed by atoms with Gasteiger partial charge in [0.2, 0.25) is 0 Å². The molecule has 7 heteroatoms. The van der Waals surface area contributed by atoms with Crippen molar-refractivity contribution in [1.82, 2.24) is 10.2 Å². The van der Waals surface area contributed by atoms with E-state index in [9.17, 15) is 14.9 Å². The first-order chi connectivity index (χ1) is 7.13. The highest BCUT2D eigenvalue weighted by molar-refractivity contribution is 14.1. The van der Waals surface area contributed by atoms with Crippen molar-refractivity contribution in [2.45, 2.75) is 0 Å². The first-order valence-electron chi connectivity index (χ1n) is 3.90. The quantitative estimate of drug-likeness (QED) is 0.396. The van der Waals surface area contributed by atoms with Crippen LogP contribution in [0.4, 0.5) is 5.69 Å². The van der Waals surface area contributed by atoms with Crippen molar-refractivity contribution >= 4 is 45.5 Å². The van der Waals surface area contributed by atoms with Gasteiger partial charge in [-0.3, -0.25) is 20.0 Å². The lowest BCUT2D eigenvalue weighted by Gasteiger charge is -1.95. The van der Waals surface area contributed by atoms with Crippen molar-refractivity contribution in [2.75, 3.05) is 0 Å². The number of nitrogens with zero attached hydrogens (tertiary/aromatic N) is 2. The summed E-state index contributed by atoms with van der Waals surface area (Å²) in [7, 11) is 0. The van der Waals surface area contributed by atoms with Crippen LogP contribution in [0.5, 0.6) is 0 Å². The van der Waals surface area contributed by atoms with Gasteiger partial charge in [0.25, 0.3) is 5.69 Å². The van der Waals surface area contributed by atoms with E-state index in [1.807, 2.05) is 22.6 Å². The van der Waals surface area contributed by atoms with Crippen LogP contribution in [0.25, 0.3) is 10.9 Å². The largest absolute Gasteiger partial charge is 0.298 e. The number of aldehydes is 1. The molecule has 6 nitrogen and oxygen atoms in total. The van der Waals surface area contributed by atoms with E-state index in [-0.39, 0.29) is 11.3 Å². The second kappa shape index (κ2) is 3.57. The van der Waals surface area contributed by atoms with Gasteiger partial charge >= 0.3 is 0 Å². The van der Waals surface area contributed by atoms with E-state index in [0.29, 0.717) is 20.9 Å². The molecule has 0 aliphatic heterocycles. The highest BCUT2D eigenvalue weighted by Crippen LogP contribution is 2.26. The molecule has 0 spiro atoms. The number of benzene rings is 1. The van der Waals surface area contributed by atoms with Gasteiger partial charge in [0.15, 0.2) is 6.29 Å². The molecule has 0 aliphatic rings. The fraction of sp³-hybridized carbons (Fsp3) is 0. The summed E-state index contributed by atoms with van der Waals surface area (Å²) in [6, 6.07) is 2.78. The van der Waals surface area contributed by atoms with Gasteiger partial charge in [0.1, 0.15) is 3.70 Å². The van der Waals surface area contributed by atoms with E-state index in [1.54, 1.807) is 0 Å². The second-order valence-electron chi connectivity index (χ2n) is 2.85. The van der Waals surface area contributed by atoms with Crippen molar-refractivity contribution < 1.29 is 9.72 Å². The molecule has 0 aliphatic carbocycles. The van der Waals surface area contributed by atoms with Crippen LogP contribution in [0.2, 0.25) is 0 Å². The molecule has 76 valence electrons. The number of nitro benzene ring substituents is 1. The highest BCUT2D eigenvalue weighted by atomic mass is 127. The number of carbonyl (C=O) groups excluding carboxylic acids is 1. The average molecular weight is 317 g/mol. The van der Waals surface area contributed by atoms with Gasteiger partial charge < -0.3 is 0 Å². The van der Waals surface area contributed by atoms with Crippen molar-refractivity contribution in [2.24, 2.45) is 0 Å². The molecule has 0 radical (unpaired) electrons. The zero-order valence-corrected chi connectivity index (χ0v) is 9.39. The normalized spacial score (nSPS) is 10.5. The molecule has 0 bridgehead atoms. The Labute approximate surface area is 97.0 Å². The molecule has 0 saturated heterocycles. The number of carbonyl (C=O) groups is 1. The molecule has 1 aromatic heterocycles. The molecule has 0 amide bonds. The van der Waals surface area contributed by atoms with Gasteiger partial charge in [0.05, 0.1) is 16.0 Å². The van der Waals surface area contributed by atoms with Crippen LogP contribution in [0.3, 0.4) is 0 Å². The molecule has 2 rings (SSSR count). The standard InChI is InChI=1S/C8H4IN3O3/c9-8-5-2-7(12(14)15)4(3-13)1-6(5)10-11-8/h1-3H,(H,10,11). The van der Waals surface area contributed by atoms with Crippen LogP contribution in [0, 0.1) is 13.8 Å². The number of nitro groups is 1. The molecule has 0 fully saturated rings. The first kappa shape index (κ1) is 10.0. The fourth-order valence-corrected chi connectivity index (χ4v) is 1.86. The van der Waals surface area contributed by atoms with Gasteiger partial charge in [0, 0.05) is 11.5 Å². The Morgan fingerprint density at radius 3 is 2.87 bits per heavy atom. The minimum Gasteiger partial charge on any atom is -0.298 e. The van der Waals surface area contributed by atoms with Crippen LogP contribution in [0.1, 0.15) is 10.4 Å². The van der Waals surface area contributed by atoms with Crippen LogP contribution in [-0.2, 0) is 0 Å². The molecule has 0 unspecified atom stereocenters. The summed E-state index contributed by atoms with van der Waals surface area (Å²) in [5.41, 5.74) is 0.469. The third kappa shape index (κ3) is 1.58. The summed E-state index contributed by atoms with van der Waals surface area (Å²) >= 11 is 1.96. The number of halogens is 1. The molecule has 0 saturated carbocycles. The van der Waals surface area contributed by atoms with E-state index >= 15 is 0 Å². The van der Waals surface area contributed by atoms with Crippen molar-refractivity contribution in [1.29, 1.82) is 0 Å². The van der Waals surface area contributed by atoms with E-state index in [2.05, 4.69) is 10.2 Å². The molecule has 1 heterocycles. The lowest BCUT2D eigenvalue weighted by molar-refractivity contribution is -0.384. The third-order valence-corrected chi connectivity index (χ3v) is 2.81. The average Bonchev–Trinajstić information content (AvgIpc) is 2.58. The maximum atomic E-state index is 10.7. The number of hydrogen-bond acceptors (Lipinski definition) is 4. The summed E-state index contributed by atoms with van der Waals surface area (Å²) in [5.74, 6) is 0. The Morgan fingerprint density at radius 2 is 2.27 bits per heavy atom. The molecule has 1 aromatic carbocycles. The summed E-state index contributed by atoms with van der Waals surface area (Å²) in [6.45, 7) is 0. The Bertz CT molecular complexity index is 564. The number of hydrogen-bond donors (Lipinski definition) is 1. The predicted molar refractivity (Wildman–Crippen MR) is 60.9 cm³/mol. The summed E-state index contributed by atoms with van der Waals surface area (Å²) in [4.78, 5) is 20.7. The number of rotatable bonds is 2. The van der Waals surface area contributed by atoms with E-state index in [4.69, 9.17) is 0 Å². The second-order valence-corrected chi connectivity index (χ2v) is 3.87. The lowest BCUT2D eigenvalue weighted by Crippen LogP contribution is -1.94. The number of aromatic nitrogens is 2. The minimum atomic E-state index is -0.577. The Balaban J connectivity index is 2.82. The first-order valence-corrected chi connectivity index (χ1v) is 4.98. The molecular weight excluding hydrogens is 313 g/mol. The molecule has 1 N–H and O–H groups in total. The summed E-state index contributed by atoms with van der Waals surface area (Å²) in [5, 5.41) is 17.9. The monoisotopic (exact) mass is 317 g/mol. The van der Waals surface area contributed by atoms with Crippen molar-refractivity contribution in [3.05, 3.63) is 31.5 Å². The van der Waals surface area contributed by atoms with Crippen LogP contribution < -0.4 is 0 Å². The smallest absolute Gasteiger partial charge is 0.280 e. The molecular formula is C8H4IN3O3. The molecule has 15 heavy (non-hydrogen) atoms. The van der Waals surface area contributed by atoms with Gasteiger partial charge in [-0.2, -0.15) is 5.10 Å². The Hall–Kier alpha value is -1.51. The van der Waals surface area contributed by atoms with Crippen LogP contribution in [-0.4, -0.2) is 21.4 Å². The fourth-order valence-electron chi connectivity index (χ4n) is 1.29. The predicted octanol–water partition coefficient (Wildman–Crippen LogP) is 1.89. The number of fused-ring (bicyclic) bond motifs is 1.